The fourth-order valence-electron chi connectivity index (χ4n) is 8.99. The number of nitrogens with zero attached hydrogens (tertiary/aromatic N) is 1. The van der Waals surface area contributed by atoms with Gasteiger partial charge in [-0.1, -0.05) is 146 Å². The molecule has 0 saturated carbocycles. The quantitative estimate of drug-likeness (QED) is 0.161. The van der Waals surface area contributed by atoms with E-state index < -0.39 is 0 Å². The Bertz CT molecular complexity index is 3580. The van der Waals surface area contributed by atoms with Gasteiger partial charge < -0.3 is 13.7 Å². The van der Waals surface area contributed by atoms with E-state index in [0.717, 1.165) is 88.8 Å². The predicted octanol–water partition coefficient (Wildman–Crippen LogP) is 16.8. The van der Waals surface area contributed by atoms with Crippen LogP contribution in [0.25, 0.3) is 99.2 Å². The Morgan fingerprint density at radius 2 is 0.770 bits per heavy atom. The summed E-state index contributed by atoms with van der Waals surface area (Å²) < 4.78 is 12.7. The molecule has 3 nitrogen and oxygen atoms in total. The predicted molar refractivity (Wildman–Crippen MR) is 255 cm³/mol. The molecule has 2 heterocycles. The molecule has 2 aromatic heterocycles. The van der Waals surface area contributed by atoms with E-state index in [2.05, 4.69) is 217 Å². The van der Waals surface area contributed by atoms with Crippen molar-refractivity contribution in [2.24, 2.45) is 0 Å². The van der Waals surface area contributed by atoms with Crippen LogP contribution in [0.15, 0.2) is 233 Å². The SMILES string of the molecule is c1ccc(-c2cccc(-c3ccc(N(c4ccc(-c5ccc6c(c5)oc5ccccc56)cc4)c4ccccc4-c4ccc5oc6cc7ccccc7cc6c5c4)cc3)c2)cc1. The minimum Gasteiger partial charge on any atom is -0.456 e. The summed E-state index contributed by atoms with van der Waals surface area (Å²) in [5.74, 6) is 0. The van der Waals surface area contributed by atoms with Gasteiger partial charge in [-0.2, -0.15) is 0 Å². The van der Waals surface area contributed by atoms with Crippen LogP contribution in [0.5, 0.6) is 0 Å². The standard InChI is InChI=1S/C58H37NO2/c1-2-11-38(12-3-1)41-15-10-16-42(33-41)39-21-27-47(28-22-39)59(48-29-23-40(24-30-48)45-25-31-51-50-18-7-9-20-55(50)60-57(51)37-45)54-19-8-6-17-49(54)46-26-32-56-52(35-46)53-34-43-13-4-5-14-44(43)36-58(53)61-56/h1-37H. The van der Waals surface area contributed by atoms with E-state index in [0.29, 0.717) is 0 Å². The van der Waals surface area contributed by atoms with Gasteiger partial charge in [-0.25, -0.2) is 0 Å². The monoisotopic (exact) mass is 779 g/mol. The van der Waals surface area contributed by atoms with Gasteiger partial charge in [0.1, 0.15) is 22.3 Å². The van der Waals surface area contributed by atoms with Crippen molar-refractivity contribution in [1.29, 1.82) is 0 Å². The summed E-state index contributed by atoms with van der Waals surface area (Å²) in [4.78, 5) is 2.37. The summed E-state index contributed by atoms with van der Waals surface area (Å²) >= 11 is 0. The summed E-state index contributed by atoms with van der Waals surface area (Å²) in [6.07, 6.45) is 0. The molecule has 0 radical (unpaired) electrons. The van der Waals surface area contributed by atoms with Crippen molar-refractivity contribution in [3.63, 3.8) is 0 Å². The Hall–Kier alpha value is -8.14. The van der Waals surface area contributed by atoms with Gasteiger partial charge in [-0.3, -0.25) is 0 Å². The van der Waals surface area contributed by atoms with E-state index >= 15 is 0 Å². The van der Waals surface area contributed by atoms with Crippen LogP contribution >= 0.6 is 0 Å². The van der Waals surface area contributed by atoms with Gasteiger partial charge in [0.15, 0.2) is 0 Å². The molecular formula is C58H37NO2. The van der Waals surface area contributed by atoms with Crippen molar-refractivity contribution in [2.45, 2.75) is 0 Å². The summed E-state index contributed by atoms with van der Waals surface area (Å²) in [5.41, 5.74) is 16.0. The Labute approximate surface area is 353 Å². The van der Waals surface area contributed by atoms with Crippen LogP contribution < -0.4 is 4.90 Å². The largest absolute Gasteiger partial charge is 0.456 e. The van der Waals surface area contributed by atoms with Crippen molar-refractivity contribution >= 4 is 71.7 Å². The number of fused-ring (bicyclic) bond motifs is 7. The molecule has 12 aromatic rings. The second-order valence-electron chi connectivity index (χ2n) is 15.7. The second kappa shape index (κ2) is 14.3. The first kappa shape index (κ1) is 34.9. The third-order valence-corrected chi connectivity index (χ3v) is 12.1. The number of anilines is 3. The lowest BCUT2D eigenvalue weighted by atomic mass is 9.97. The Balaban J connectivity index is 0.970. The van der Waals surface area contributed by atoms with Crippen LogP contribution in [0.3, 0.4) is 0 Å². The lowest BCUT2D eigenvalue weighted by Gasteiger charge is -2.28. The van der Waals surface area contributed by atoms with Crippen LogP contribution in [-0.4, -0.2) is 0 Å². The summed E-state index contributed by atoms with van der Waals surface area (Å²) in [5, 5.41) is 6.86. The fourth-order valence-corrected chi connectivity index (χ4v) is 8.99. The highest BCUT2D eigenvalue weighted by molar-refractivity contribution is 6.11. The molecule has 286 valence electrons. The van der Waals surface area contributed by atoms with Gasteiger partial charge in [0, 0.05) is 38.5 Å². The maximum Gasteiger partial charge on any atom is 0.136 e. The zero-order chi connectivity index (χ0) is 40.3. The summed E-state index contributed by atoms with van der Waals surface area (Å²) in [7, 11) is 0. The van der Waals surface area contributed by atoms with Gasteiger partial charge in [0.25, 0.3) is 0 Å². The van der Waals surface area contributed by atoms with E-state index in [-0.39, 0.29) is 0 Å². The molecule has 0 amide bonds. The third-order valence-electron chi connectivity index (χ3n) is 12.1. The first-order chi connectivity index (χ1) is 30.2. The maximum absolute atomic E-state index is 6.42. The number of furan rings is 2. The number of hydrogen-bond donors (Lipinski definition) is 0. The third kappa shape index (κ3) is 6.14. The number of rotatable bonds is 7. The molecule has 0 saturated heterocycles. The van der Waals surface area contributed by atoms with Gasteiger partial charge in [0.05, 0.1) is 5.69 Å². The molecule has 0 aliphatic carbocycles. The highest BCUT2D eigenvalue weighted by Gasteiger charge is 2.19. The maximum atomic E-state index is 6.42. The zero-order valence-electron chi connectivity index (χ0n) is 33.1. The van der Waals surface area contributed by atoms with Crippen LogP contribution in [0.4, 0.5) is 17.1 Å². The molecule has 0 atom stereocenters. The van der Waals surface area contributed by atoms with Crippen LogP contribution in [0, 0.1) is 0 Å². The van der Waals surface area contributed by atoms with Crippen molar-refractivity contribution < 1.29 is 8.83 Å². The van der Waals surface area contributed by atoms with Crippen molar-refractivity contribution in [3.8, 4) is 44.5 Å². The van der Waals surface area contributed by atoms with Gasteiger partial charge in [-0.05, 0) is 129 Å². The molecule has 0 bridgehead atoms. The Morgan fingerprint density at radius 1 is 0.262 bits per heavy atom. The van der Waals surface area contributed by atoms with Crippen LogP contribution in [-0.2, 0) is 0 Å². The lowest BCUT2D eigenvalue weighted by molar-refractivity contribution is 0.669. The molecule has 0 N–H and O–H groups in total. The van der Waals surface area contributed by atoms with Gasteiger partial charge >= 0.3 is 0 Å². The zero-order valence-corrected chi connectivity index (χ0v) is 33.1. The number of para-hydroxylation sites is 2. The molecule has 61 heavy (non-hydrogen) atoms. The average Bonchev–Trinajstić information content (AvgIpc) is 3.89. The Kier molecular flexibility index (Phi) is 8.17. The molecule has 0 spiro atoms. The van der Waals surface area contributed by atoms with Crippen molar-refractivity contribution in [1.82, 2.24) is 0 Å². The van der Waals surface area contributed by atoms with Crippen LogP contribution in [0.2, 0.25) is 0 Å². The molecule has 0 aliphatic heterocycles. The fraction of sp³-hybridized carbons (Fsp3) is 0. The molecule has 10 aromatic carbocycles. The highest BCUT2D eigenvalue weighted by atomic mass is 16.3. The van der Waals surface area contributed by atoms with E-state index in [1.165, 1.54) is 27.5 Å². The van der Waals surface area contributed by atoms with Crippen molar-refractivity contribution in [2.75, 3.05) is 4.90 Å². The van der Waals surface area contributed by atoms with Crippen LogP contribution in [0.1, 0.15) is 0 Å². The molecule has 0 unspecified atom stereocenters. The second-order valence-corrected chi connectivity index (χ2v) is 15.7. The molecule has 0 aliphatic rings. The average molecular weight is 780 g/mol. The lowest BCUT2D eigenvalue weighted by Crippen LogP contribution is -2.11. The minimum absolute atomic E-state index is 0.881. The first-order valence-corrected chi connectivity index (χ1v) is 20.7. The molecule has 12 rings (SSSR count). The highest BCUT2D eigenvalue weighted by Crippen LogP contribution is 2.44. The Morgan fingerprint density at radius 3 is 1.52 bits per heavy atom. The van der Waals surface area contributed by atoms with Crippen molar-refractivity contribution in [3.05, 3.63) is 224 Å². The molecule has 3 heteroatoms. The normalized spacial score (nSPS) is 11.6. The van der Waals surface area contributed by atoms with E-state index in [1.54, 1.807) is 0 Å². The summed E-state index contributed by atoms with van der Waals surface area (Å²) in [6.45, 7) is 0. The molecular weight excluding hydrogens is 743 g/mol. The van der Waals surface area contributed by atoms with E-state index in [9.17, 15) is 0 Å². The van der Waals surface area contributed by atoms with Gasteiger partial charge in [0.2, 0.25) is 0 Å². The molecule has 0 fully saturated rings. The number of hydrogen-bond acceptors (Lipinski definition) is 3. The first-order valence-electron chi connectivity index (χ1n) is 20.7. The smallest absolute Gasteiger partial charge is 0.136 e. The van der Waals surface area contributed by atoms with Gasteiger partial charge in [-0.15, -0.1) is 0 Å². The van der Waals surface area contributed by atoms with E-state index in [1.807, 2.05) is 12.1 Å². The summed E-state index contributed by atoms with van der Waals surface area (Å²) in [6, 6.07) is 80.1. The topological polar surface area (TPSA) is 29.5 Å². The number of benzene rings is 10. The van der Waals surface area contributed by atoms with E-state index in [4.69, 9.17) is 8.83 Å². The minimum atomic E-state index is 0.881.